The molecule has 0 spiro atoms. The molecule has 0 bridgehead atoms. The molecule has 0 aliphatic heterocycles. The van der Waals surface area contributed by atoms with Crippen LogP contribution < -0.4 is 10.0 Å². The van der Waals surface area contributed by atoms with E-state index >= 15 is 0 Å². The molecule has 1 aromatic heterocycles. The first-order valence-corrected chi connectivity index (χ1v) is 12.3. The molecule has 1 heterocycles. The summed E-state index contributed by atoms with van der Waals surface area (Å²) >= 11 is 6.15. The van der Waals surface area contributed by atoms with Crippen LogP contribution in [0.3, 0.4) is 0 Å². The summed E-state index contributed by atoms with van der Waals surface area (Å²) in [7, 11) is -4.03. The fraction of sp³-hybridized carbons (Fsp3) is 0.120. The molecule has 1 amide bonds. The van der Waals surface area contributed by atoms with Gasteiger partial charge in [0.25, 0.3) is 15.9 Å². The molecule has 4 aromatic rings. The third-order valence-electron chi connectivity index (χ3n) is 5.27. The zero-order chi connectivity index (χ0) is 23.4. The molecule has 170 valence electrons. The molecule has 8 heteroatoms. The lowest BCUT2D eigenvalue weighted by atomic mass is 10.0. The number of nitrogens with one attached hydrogen (secondary N) is 2. The molecule has 0 radical (unpaired) electrons. The molecule has 4 rings (SSSR count). The van der Waals surface area contributed by atoms with Crippen molar-refractivity contribution in [1.82, 2.24) is 10.3 Å². The highest BCUT2D eigenvalue weighted by molar-refractivity contribution is 7.93. The van der Waals surface area contributed by atoms with Crippen LogP contribution in [0.25, 0.3) is 10.9 Å². The second-order valence-electron chi connectivity index (χ2n) is 7.47. The number of fused-ring (bicyclic) bond motifs is 1. The molecule has 1 atom stereocenters. The number of aromatic nitrogens is 1. The first kappa shape index (κ1) is 22.8. The Morgan fingerprint density at radius 2 is 1.79 bits per heavy atom. The van der Waals surface area contributed by atoms with E-state index in [4.69, 9.17) is 11.6 Å². The Labute approximate surface area is 199 Å². The van der Waals surface area contributed by atoms with Crippen LogP contribution in [0.15, 0.2) is 90.0 Å². The molecule has 6 nitrogen and oxygen atoms in total. The lowest BCUT2D eigenvalue weighted by Crippen LogP contribution is -2.29. The number of benzene rings is 3. The Morgan fingerprint density at radius 1 is 1.03 bits per heavy atom. The van der Waals surface area contributed by atoms with Crippen LogP contribution >= 0.6 is 11.6 Å². The summed E-state index contributed by atoms with van der Waals surface area (Å²) < 4.78 is 29.1. The Hall–Kier alpha value is -3.42. The van der Waals surface area contributed by atoms with Gasteiger partial charge < -0.3 is 5.32 Å². The molecule has 0 saturated heterocycles. The fourth-order valence-electron chi connectivity index (χ4n) is 3.63. The van der Waals surface area contributed by atoms with E-state index in [-0.39, 0.29) is 23.6 Å². The van der Waals surface area contributed by atoms with Crippen molar-refractivity contribution in [3.8, 4) is 0 Å². The maximum absolute atomic E-state index is 13.3. The summed E-state index contributed by atoms with van der Waals surface area (Å²) in [5.74, 6) is -0.429. The molecule has 3 aromatic carbocycles. The van der Waals surface area contributed by atoms with Crippen LogP contribution in [-0.2, 0) is 10.0 Å². The minimum atomic E-state index is -4.03. The van der Waals surface area contributed by atoms with Gasteiger partial charge in [0.15, 0.2) is 0 Å². The van der Waals surface area contributed by atoms with Gasteiger partial charge in [-0.05, 0) is 42.3 Å². The predicted octanol–water partition coefficient (Wildman–Crippen LogP) is 5.82. The number of hydrogen-bond acceptors (Lipinski definition) is 4. The topological polar surface area (TPSA) is 88.2 Å². The minimum Gasteiger partial charge on any atom is -0.345 e. The van der Waals surface area contributed by atoms with Crippen LogP contribution in [0, 0.1) is 0 Å². The van der Waals surface area contributed by atoms with Crippen molar-refractivity contribution in [2.75, 3.05) is 4.72 Å². The second kappa shape index (κ2) is 9.60. The van der Waals surface area contributed by atoms with Gasteiger partial charge in [-0.1, -0.05) is 67.1 Å². The van der Waals surface area contributed by atoms with Crippen molar-refractivity contribution in [2.45, 2.75) is 24.3 Å². The van der Waals surface area contributed by atoms with Crippen molar-refractivity contribution in [3.63, 3.8) is 0 Å². The van der Waals surface area contributed by atoms with Gasteiger partial charge in [-0.3, -0.25) is 14.5 Å². The fourth-order valence-corrected chi connectivity index (χ4v) is 5.06. The van der Waals surface area contributed by atoms with Crippen molar-refractivity contribution >= 4 is 44.1 Å². The Morgan fingerprint density at radius 3 is 2.55 bits per heavy atom. The van der Waals surface area contributed by atoms with Gasteiger partial charge in [-0.2, -0.15) is 0 Å². The smallest absolute Gasteiger partial charge is 0.264 e. The summed E-state index contributed by atoms with van der Waals surface area (Å²) in [5, 5.41) is 4.00. The quantitative estimate of drug-likeness (QED) is 0.348. The van der Waals surface area contributed by atoms with Crippen LogP contribution in [0.5, 0.6) is 0 Å². The zero-order valence-corrected chi connectivity index (χ0v) is 19.4. The highest BCUT2D eigenvalue weighted by Crippen LogP contribution is 2.27. The summed E-state index contributed by atoms with van der Waals surface area (Å²) in [6.45, 7) is 1.97. The zero-order valence-electron chi connectivity index (χ0n) is 17.8. The van der Waals surface area contributed by atoms with Crippen LogP contribution in [0.4, 0.5) is 5.69 Å². The van der Waals surface area contributed by atoms with Crippen molar-refractivity contribution < 1.29 is 14.6 Å². The van der Waals surface area contributed by atoms with E-state index in [0.29, 0.717) is 22.3 Å². The SMILES string of the molecule is CC[C@H](NC(=O)c1cc(Cl)ccc1NS(=O)(=O)c1cccc2cccnc12)c1ccccc1.[HH]. The number of pyridine rings is 1. The minimum absolute atomic E-state index is 0. The van der Waals surface area contributed by atoms with E-state index in [1.807, 2.05) is 37.3 Å². The number of hydrogen-bond donors (Lipinski definition) is 2. The maximum atomic E-state index is 13.3. The summed E-state index contributed by atoms with van der Waals surface area (Å²) in [6, 6.07) is 22.3. The first-order chi connectivity index (χ1) is 15.9. The van der Waals surface area contributed by atoms with Gasteiger partial charge in [0.05, 0.1) is 22.8 Å². The van der Waals surface area contributed by atoms with E-state index in [9.17, 15) is 13.2 Å². The molecule has 0 aliphatic carbocycles. The number of rotatable bonds is 7. The van der Waals surface area contributed by atoms with E-state index in [1.165, 1.54) is 30.5 Å². The average molecular weight is 482 g/mol. The lowest BCUT2D eigenvalue weighted by Gasteiger charge is -2.19. The monoisotopic (exact) mass is 481 g/mol. The second-order valence-corrected chi connectivity index (χ2v) is 9.56. The molecule has 33 heavy (non-hydrogen) atoms. The third kappa shape index (κ3) is 4.99. The number of anilines is 1. The number of amides is 1. The molecule has 0 saturated carbocycles. The molecule has 0 unspecified atom stereocenters. The standard InChI is InChI=1S/C25H22ClN3O3S.H2/c1-2-21(17-8-4-3-5-9-17)28-25(30)20-16-19(26)13-14-22(20)29-33(31,32)23-12-6-10-18-11-7-15-27-24(18)23;/h3-16,21,29H,2H2,1H3,(H,28,30);1H/t21-;/m0./s1. The molecule has 0 aliphatic rings. The van der Waals surface area contributed by atoms with Gasteiger partial charge >= 0.3 is 0 Å². The summed E-state index contributed by atoms with van der Waals surface area (Å²) in [4.78, 5) is 17.4. The van der Waals surface area contributed by atoms with Crippen LogP contribution in [0.2, 0.25) is 5.02 Å². The average Bonchev–Trinajstić information content (AvgIpc) is 2.83. The van der Waals surface area contributed by atoms with E-state index in [0.717, 1.165) is 5.56 Å². The highest BCUT2D eigenvalue weighted by atomic mass is 35.5. The highest BCUT2D eigenvalue weighted by Gasteiger charge is 2.23. The lowest BCUT2D eigenvalue weighted by molar-refractivity contribution is 0.0936. The number of carbonyl (C=O) groups is 1. The van der Waals surface area contributed by atoms with Gasteiger partial charge in [0, 0.05) is 18.0 Å². The molecule has 0 fully saturated rings. The van der Waals surface area contributed by atoms with Gasteiger partial charge in [-0.25, -0.2) is 8.42 Å². The Bertz CT molecular complexity index is 1410. The normalized spacial score (nSPS) is 12.3. The largest absolute Gasteiger partial charge is 0.345 e. The van der Waals surface area contributed by atoms with Crippen molar-refractivity contribution in [1.29, 1.82) is 0 Å². The molecular weight excluding hydrogens is 458 g/mol. The summed E-state index contributed by atoms with van der Waals surface area (Å²) in [5.41, 5.74) is 1.57. The number of halogens is 1. The van der Waals surface area contributed by atoms with Gasteiger partial charge in [-0.15, -0.1) is 0 Å². The number of nitrogens with zero attached hydrogens (tertiary/aromatic N) is 1. The van der Waals surface area contributed by atoms with Gasteiger partial charge in [0.2, 0.25) is 0 Å². The first-order valence-electron chi connectivity index (χ1n) is 10.4. The third-order valence-corrected chi connectivity index (χ3v) is 6.90. The Balaban J connectivity index is 0.00000324. The molecule has 2 N–H and O–H groups in total. The summed E-state index contributed by atoms with van der Waals surface area (Å²) in [6.07, 6.45) is 2.20. The van der Waals surface area contributed by atoms with E-state index in [1.54, 1.807) is 24.3 Å². The number of para-hydroxylation sites is 1. The molecular formula is C25H24ClN3O3S. The van der Waals surface area contributed by atoms with E-state index < -0.39 is 15.9 Å². The van der Waals surface area contributed by atoms with Crippen LogP contribution in [-0.4, -0.2) is 19.3 Å². The van der Waals surface area contributed by atoms with E-state index in [2.05, 4.69) is 15.0 Å². The van der Waals surface area contributed by atoms with Gasteiger partial charge in [0.1, 0.15) is 4.90 Å². The van der Waals surface area contributed by atoms with Crippen LogP contribution in [0.1, 0.15) is 36.7 Å². The number of carbonyl (C=O) groups excluding carboxylic acids is 1. The predicted molar refractivity (Wildman–Crippen MR) is 133 cm³/mol. The Kier molecular flexibility index (Phi) is 6.62. The maximum Gasteiger partial charge on any atom is 0.264 e. The number of sulfonamides is 1. The van der Waals surface area contributed by atoms with Crippen molar-refractivity contribution in [3.05, 3.63) is 101 Å². The van der Waals surface area contributed by atoms with Crippen molar-refractivity contribution in [2.24, 2.45) is 0 Å².